The van der Waals surface area contributed by atoms with Gasteiger partial charge in [0.15, 0.2) is 0 Å². The Bertz CT molecular complexity index is 629. The van der Waals surface area contributed by atoms with Gasteiger partial charge in [-0.1, -0.05) is 33.8 Å². The molecular weight excluding hydrogens is 318 g/mol. The lowest BCUT2D eigenvalue weighted by molar-refractivity contribution is -0.386. The maximum atomic E-state index is 12.7. The molecule has 1 saturated heterocycles. The number of amides is 1. The fraction of sp³-hybridized carbons (Fsp3) is 0.632. The van der Waals surface area contributed by atoms with Crippen LogP contribution in [0.15, 0.2) is 18.2 Å². The molecule has 0 saturated carbocycles. The second-order valence-electron chi connectivity index (χ2n) is 7.78. The van der Waals surface area contributed by atoms with Crippen LogP contribution >= 0.6 is 0 Å². The van der Waals surface area contributed by atoms with Crippen molar-refractivity contribution < 1.29 is 9.72 Å². The molecule has 0 radical (unpaired) electrons. The summed E-state index contributed by atoms with van der Waals surface area (Å²) in [4.78, 5) is 25.6. The highest BCUT2D eigenvalue weighted by atomic mass is 16.6. The van der Waals surface area contributed by atoms with Crippen molar-refractivity contribution in [3.05, 3.63) is 39.4 Å². The summed E-state index contributed by atoms with van der Waals surface area (Å²) in [7, 11) is 0. The van der Waals surface area contributed by atoms with Gasteiger partial charge in [0.2, 0.25) is 0 Å². The average Bonchev–Trinajstić information content (AvgIpc) is 2.58. The molecule has 1 fully saturated rings. The van der Waals surface area contributed by atoms with Gasteiger partial charge in [0.25, 0.3) is 11.6 Å². The summed E-state index contributed by atoms with van der Waals surface area (Å²) < 4.78 is 0. The summed E-state index contributed by atoms with van der Waals surface area (Å²) in [5.41, 5.74) is 0.748. The molecule has 6 heteroatoms. The first-order valence-corrected chi connectivity index (χ1v) is 9.03. The number of nitro benzene ring substituents is 1. The highest BCUT2D eigenvalue weighted by molar-refractivity contribution is 5.95. The molecule has 2 rings (SSSR count). The maximum Gasteiger partial charge on any atom is 0.273 e. The van der Waals surface area contributed by atoms with Crippen LogP contribution in [0.4, 0.5) is 5.69 Å². The van der Waals surface area contributed by atoms with Crippen molar-refractivity contribution in [3.63, 3.8) is 0 Å². The molecule has 0 atom stereocenters. The van der Waals surface area contributed by atoms with Gasteiger partial charge in [-0.05, 0) is 43.3 Å². The number of carbonyl (C=O) groups is 1. The van der Waals surface area contributed by atoms with Crippen LogP contribution in [0.5, 0.6) is 0 Å². The number of hydrogen-bond donors (Lipinski definition) is 1. The number of rotatable bonds is 5. The lowest BCUT2D eigenvalue weighted by Gasteiger charge is -2.32. The van der Waals surface area contributed by atoms with Crippen molar-refractivity contribution in [2.45, 2.75) is 46.0 Å². The third-order valence-electron chi connectivity index (χ3n) is 4.83. The fourth-order valence-corrected chi connectivity index (χ4v) is 3.32. The smallest absolute Gasteiger partial charge is 0.273 e. The number of nitro groups is 1. The van der Waals surface area contributed by atoms with Crippen LogP contribution in [-0.4, -0.2) is 41.9 Å². The van der Waals surface area contributed by atoms with Crippen LogP contribution in [0, 0.1) is 16.0 Å². The number of nitrogens with one attached hydrogen (secondary N) is 1. The Morgan fingerprint density at radius 3 is 2.48 bits per heavy atom. The van der Waals surface area contributed by atoms with E-state index in [1.54, 1.807) is 12.1 Å². The van der Waals surface area contributed by atoms with Gasteiger partial charge in [-0.3, -0.25) is 14.9 Å². The van der Waals surface area contributed by atoms with Gasteiger partial charge in [0.1, 0.15) is 0 Å². The Kier molecular flexibility index (Phi) is 6.16. The van der Waals surface area contributed by atoms with Gasteiger partial charge < -0.3 is 10.2 Å². The van der Waals surface area contributed by atoms with E-state index in [-0.39, 0.29) is 21.9 Å². The Hall–Kier alpha value is -1.95. The first kappa shape index (κ1) is 19.4. The highest BCUT2D eigenvalue weighted by Crippen LogP contribution is 2.32. The van der Waals surface area contributed by atoms with Crippen LogP contribution < -0.4 is 5.32 Å². The monoisotopic (exact) mass is 347 g/mol. The molecule has 0 spiro atoms. The number of carbonyl (C=O) groups excluding carboxylic acids is 1. The highest BCUT2D eigenvalue weighted by Gasteiger charge is 2.28. The summed E-state index contributed by atoms with van der Waals surface area (Å²) >= 11 is 0. The Morgan fingerprint density at radius 1 is 1.32 bits per heavy atom. The van der Waals surface area contributed by atoms with Crippen molar-refractivity contribution >= 4 is 11.6 Å². The van der Waals surface area contributed by atoms with E-state index in [4.69, 9.17) is 0 Å². The number of benzene rings is 1. The van der Waals surface area contributed by atoms with Crippen LogP contribution in [0.2, 0.25) is 0 Å². The first-order valence-electron chi connectivity index (χ1n) is 9.03. The Labute approximate surface area is 149 Å². The fourth-order valence-electron chi connectivity index (χ4n) is 3.32. The first-order chi connectivity index (χ1) is 11.7. The van der Waals surface area contributed by atoms with Crippen LogP contribution in [0.3, 0.4) is 0 Å². The summed E-state index contributed by atoms with van der Waals surface area (Å²) in [6, 6.07) is 4.89. The van der Waals surface area contributed by atoms with E-state index in [1.807, 2.05) is 25.7 Å². The van der Waals surface area contributed by atoms with Gasteiger partial charge in [-0.2, -0.15) is 0 Å². The molecular formula is C19H29N3O3. The third kappa shape index (κ3) is 4.78. The number of likely N-dealkylation sites (tertiary alicyclic amines) is 1. The zero-order valence-corrected chi connectivity index (χ0v) is 15.7. The SMILES string of the molecule is CCNCC1CCN(C(=O)c2ccc(C(C)(C)C)c([N+](=O)[O-])c2)CC1. The minimum absolute atomic E-state index is 0.0281. The molecule has 1 amide bonds. The summed E-state index contributed by atoms with van der Waals surface area (Å²) in [5, 5.41) is 14.8. The minimum atomic E-state index is -0.389. The van der Waals surface area contributed by atoms with E-state index in [1.165, 1.54) is 6.07 Å². The topological polar surface area (TPSA) is 75.5 Å². The molecule has 1 aromatic rings. The van der Waals surface area contributed by atoms with Crippen molar-refractivity contribution in [1.82, 2.24) is 10.2 Å². The number of piperidine rings is 1. The Morgan fingerprint density at radius 2 is 1.96 bits per heavy atom. The third-order valence-corrected chi connectivity index (χ3v) is 4.83. The van der Waals surface area contributed by atoms with E-state index < -0.39 is 0 Å². The molecule has 138 valence electrons. The lowest BCUT2D eigenvalue weighted by atomic mass is 9.85. The van der Waals surface area contributed by atoms with E-state index in [0.717, 1.165) is 25.9 Å². The lowest BCUT2D eigenvalue weighted by Crippen LogP contribution is -2.40. The second kappa shape index (κ2) is 7.95. The maximum absolute atomic E-state index is 12.7. The van der Waals surface area contributed by atoms with Gasteiger partial charge in [0.05, 0.1) is 4.92 Å². The van der Waals surface area contributed by atoms with Gasteiger partial charge >= 0.3 is 0 Å². The Balaban J connectivity index is 2.13. The second-order valence-corrected chi connectivity index (χ2v) is 7.78. The largest absolute Gasteiger partial charge is 0.339 e. The molecule has 1 aromatic carbocycles. The number of nitrogens with zero attached hydrogens (tertiary/aromatic N) is 2. The molecule has 0 unspecified atom stereocenters. The van der Waals surface area contributed by atoms with E-state index in [2.05, 4.69) is 12.2 Å². The van der Waals surface area contributed by atoms with Crippen LogP contribution in [0.25, 0.3) is 0 Å². The molecule has 0 bridgehead atoms. The van der Waals surface area contributed by atoms with Crippen molar-refractivity contribution in [3.8, 4) is 0 Å². The van der Waals surface area contributed by atoms with Crippen molar-refractivity contribution in [1.29, 1.82) is 0 Å². The normalized spacial score (nSPS) is 16.1. The van der Waals surface area contributed by atoms with Crippen LogP contribution in [0.1, 0.15) is 56.5 Å². The van der Waals surface area contributed by atoms with E-state index >= 15 is 0 Å². The zero-order chi connectivity index (χ0) is 18.6. The predicted molar refractivity (Wildman–Crippen MR) is 99.0 cm³/mol. The molecule has 0 aliphatic carbocycles. The van der Waals surface area contributed by atoms with Gasteiger partial charge in [0, 0.05) is 30.3 Å². The van der Waals surface area contributed by atoms with Crippen molar-refractivity contribution in [2.75, 3.05) is 26.2 Å². The number of hydrogen-bond acceptors (Lipinski definition) is 4. The molecule has 1 N–H and O–H groups in total. The van der Waals surface area contributed by atoms with Gasteiger partial charge in [-0.25, -0.2) is 0 Å². The minimum Gasteiger partial charge on any atom is -0.339 e. The van der Waals surface area contributed by atoms with E-state index in [0.29, 0.717) is 30.1 Å². The summed E-state index contributed by atoms with van der Waals surface area (Å²) in [5.74, 6) is 0.493. The summed E-state index contributed by atoms with van der Waals surface area (Å²) in [6.45, 7) is 11.3. The molecule has 0 aromatic heterocycles. The standard InChI is InChI=1S/C19H29N3O3/c1-5-20-13-14-8-10-21(11-9-14)18(23)15-6-7-16(19(2,3)4)17(12-15)22(24)25/h6-7,12,14,20H,5,8-11,13H2,1-4H3. The van der Waals surface area contributed by atoms with E-state index in [9.17, 15) is 14.9 Å². The molecule has 1 aliphatic rings. The van der Waals surface area contributed by atoms with Crippen LogP contribution in [-0.2, 0) is 5.41 Å². The average molecular weight is 347 g/mol. The predicted octanol–water partition coefficient (Wildman–Crippen LogP) is 3.35. The zero-order valence-electron chi connectivity index (χ0n) is 15.7. The summed E-state index contributed by atoms with van der Waals surface area (Å²) in [6.07, 6.45) is 1.95. The molecule has 1 heterocycles. The molecule has 25 heavy (non-hydrogen) atoms. The quantitative estimate of drug-likeness (QED) is 0.655. The molecule has 1 aliphatic heterocycles. The van der Waals surface area contributed by atoms with Gasteiger partial charge in [-0.15, -0.1) is 0 Å². The molecule has 6 nitrogen and oxygen atoms in total. The van der Waals surface area contributed by atoms with Crippen molar-refractivity contribution in [2.24, 2.45) is 5.92 Å².